The van der Waals surface area contributed by atoms with Gasteiger partial charge in [0.25, 0.3) is 0 Å². The van der Waals surface area contributed by atoms with Crippen LogP contribution in [-0.4, -0.2) is 55.5 Å². The Hall–Kier alpha value is -3.53. The number of rotatable bonds is 14. The fraction of sp³-hybridized carbons (Fsp3) is 0.333. The van der Waals surface area contributed by atoms with Gasteiger partial charge in [-0.2, -0.15) is 0 Å². The summed E-state index contributed by atoms with van der Waals surface area (Å²) in [6.07, 6.45) is 3.10. The second-order valence-electron chi connectivity index (χ2n) is 7.24. The van der Waals surface area contributed by atoms with E-state index in [2.05, 4.69) is 5.32 Å². The molecule has 0 unspecified atom stereocenters. The van der Waals surface area contributed by atoms with E-state index in [4.69, 9.17) is 18.9 Å². The number of carbonyl (C=O) groups excluding carboxylic acids is 2. The molecule has 1 N–H and O–H groups in total. The van der Waals surface area contributed by atoms with Crippen molar-refractivity contribution in [2.75, 3.05) is 33.8 Å². The number of methoxy groups -OCH3 is 4. The summed E-state index contributed by atoms with van der Waals surface area (Å²) in [6.45, 7) is 0. The third-order valence-electron chi connectivity index (χ3n) is 4.95. The molecule has 0 bridgehead atoms. The number of ether oxygens (including phenoxy) is 4. The number of anilines is 1. The monoisotopic (exact) mass is 491 g/mol. The summed E-state index contributed by atoms with van der Waals surface area (Å²) < 4.78 is 46.9. The molecule has 10 heteroatoms. The van der Waals surface area contributed by atoms with Crippen LogP contribution in [0.25, 0.3) is 6.08 Å². The predicted molar refractivity (Wildman–Crippen MR) is 130 cm³/mol. The molecule has 0 aliphatic carbocycles. The van der Waals surface area contributed by atoms with Crippen molar-refractivity contribution in [3.63, 3.8) is 0 Å². The van der Waals surface area contributed by atoms with Crippen molar-refractivity contribution in [1.82, 2.24) is 0 Å². The second-order valence-corrected chi connectivity index (χ2v) is 9.12. The van der Waals surface area contributed by atoms with Crippen LogP contribution in [0.2, 0.25) is 0 Å². The molecule has 0 atom stereocenters. The van der Waals surface area contributed by atoms with Crippen molar-refractivity contribution in [2.24, 2.45) is 0 Å². The Labute approximate surface area is 199 Å². The maximum absolute atomic E-state index is 12.9. The lowest BCUT2D eigenvalue weighted by molar-refractivity contribution is -0.109. The lowest BCUT2D eigenvalue weighted by Gasteiger charge is -2.18. The number of sulfone groups is 1. The molecule has 0 fully saturated rings. The Morgan fingerprint density at radius 3 is 1.94 bits per heavy atom. The van der Waals surface area contributed by atoms with Gasteiger partial charge in [-0.3, -0.25) is 0 Å². The van der Waals surface area contributed by atoms with Crippen LogP contribution in [0, 0.1) is 0 Å². The zero-order valence-electron chi connectivity index (χ0n) is 19.6. The average molecular weight is 492 g/mol. The first kappa shape index (κ1) is 26.7. The lowest BCUT2D eigenvalue weighted by Crippen LogP contribution is -2.21. The fourth-order valence-corrected chi connectivity index (χ4v) is 4.36. The van der Waals surface area contributed by atoms with E-state index in [-0.39, 0.29) is 18.6 Å². The average Bonchev–Trinajstić information content (AvgIpc) is 2.82. The molecule has 0 aliphatic heterocycles. The van der Waals surface area contributed by atoms with Crippen LogP contribution >= 0.6 is 0 Å². The van der Waals surface area contributed by atoms with Crippen LogP contribution < -0.4 is 24.3 Å². The highest BCUT2D eigenvalue weighted by Gasteiger charge is 2.16. The van der Waals surface area contributed by atoms with Gasteiger partial charge in [0.05, 0.1) is 45.4 Å². The van der Waals surface area contributed by atoms with Crippen LogP contribution in [-0.2, 0) is 25.2 Å². The minimum Gasteiger partial charge on any atom is -0.496 e. The highest BCUT2D eigenvalue weighted by Crippen LogP contribution is 2.35. The number of benzene rings is 2. The van der Waals surface area contributed by atoms with E-state index in [1.165, 1.54) is 34.5 Å². The van der Waals surface area contributed by atoms with Gasteiger partial charge in [0, 0.05) is 36.4 Å². The first-order valence-corrected chi connectivity index (χ1v) is 12.0. The summed E-state index contributed by atoms with van der Waals surface area (Å²) in [6, 6.07) is 7.73. The number of aldehydes is 2. The van der Waals surface area contributed by atoms with Gasteiger partial charge in [-0.25, -0.2) is 8.42 Å². The Balaban J connectivity index is 2.32. The normalized spacial score (nSPS) is 11.3. The summed E-state index contributed by atoms with van der Waals surface area (Å²) in [4.78, 5) is 21.8. The Kier molecular flexibility index (Phi) is 9.93. The fourth-order valence-electron chi connectivity index (χ4n) is 3.27. The van der Waals surface area contributed by atoms with Crippen molar-refractivity contribution >= 4 is 34.2 Å². The van der Waals surface area contributed by atoms with Crippen molar-refractivity contribution in [2.45, 2.75) is 24.6 Å². The number of nitrogens with one attached hydrogen (secondary N) is 1. The van der Waals surface area contributed by atoms with Crippen molar-refractivity contribution in [3.05, 3.63) is 46.9 Å². The molecule has 0 amide bonds. The number of hydrogen-bond donors (Lipinski definition) is 1. The molecule has 2 rings (SSSR count). The van der Waals surface area contributed by atoms with Crippen molar-refractivity contribution in [1.29, 1.82) is 0 Å². The third-order valence-corrected chi connectivity index (χ3v) is 6.23. The smallest absolute Gasteiger partial charge is 0.175 e. The molecule has 2 aromatic carbocycles. The molecular formula is C24H29NO8S. The van der Waals surface area contributed by atoms with E-state index in [1.807, 2.05) is 0 Å². The maximum Gasteiger partial charge on any atom is 0.175 e. The zero-order valence-corrected chi connectivity index (χ0v) is 20.4. The quantitative estimate of drug-likeness (QED) is 0.397. The summed E-state index contributed by atoms with van der Waals surface area (Å²) in [7, 11) is 2.23. The minimum absolute atomic E-state index is 0.124. The van der Waals surface area contributed by atoms with E-state index in [1.54, 1.807) is 30.3 Å². The molecule has 0 aromatic heterocycles. The van der Waals surface area contributed by atoms with Gasteiger partial charge >= 0.3 is 0 Å². The molecule has 0 saturated carbocycles. The van der Waals surface area contributed by atoms with Crippen LogP contribution in [0.3, 0.4) is 0 Å². The van der Waals surface area contributed by atoms with Gasteiger partial charge < -0.3 is 33.9 Å². The molecule has 0 aliphatic rings. The van der Waals surface area contributed by atoms with E-state index in [9.17, 15) is 18.0 Å². The molecule has 0 saturated heterocycles. The standard InChI is InChI=1S/C24H29NO8S/c1-30-19-14-23(32-3)20(24(15-19)33-4)9-12-34(28,29)16-17-5-6-22(31-2)21(13-17)25-18(7-10-26)8-11-27/h5-6,9-15,18,25H,7-8,16H2,1-4H3/b12-9+. The number of hydrogen-bond acceptors (Lipinski definition) is 9. The second kappa shape index (κ2) is 12.6. The summed E-state index contributed by atoms with van der Waals surface area (Å²) in [5.74, 6) is 1.49. The first-order chi connectivity index (χ1) is 16.3. The van der Waals surface area contributed by atoms with Gasteiger partial charge in [-0.1, -0.05) is 6.07 Å². The van der Waals surface area contributed by atoms with Gasteiger partial charge in [-0.15, -0.1) is 0 Å². The lowest BCUT2D eigenvalue weighted by atomic mass is 10.1. The van der Waals surface area contributed by atoms with Crippen molar-refractivity contribution in [3.8, 4) is 23.0 Å². The predicted octanol–water partition coefficient (Wildman–Crippen LogP) is 3.27. The summed E-state index contributed by atoms with van der Waals surface area (Å²) >= 11 is 0. The van der Waals surface area contributed by atoms with E-state index in [0.29, 0.717) is 52.4 Å². The molecule has 34 heavy (non-hydrogen) atoms. The van der Waals surface area contributed by atoms with Gasteiger partial charge in [0.1, 0.15) is 35.6 Å². The molecule has 0 radical (unpaired) electrons. The molecule has 9 nitrogen and oxygen atoms in total. The van der Waals surface area contributed by atoms with Crippen LogP contribution in [0.15, 0.2) is 35.7 Å². The van der Waals surface area contributed by atoms with Crippen LogP contribution in [0.1, 0.15) is 24.0 Å². The topological polar surface area (TPSA) is 117 Å². The van der Waals surface area contributed by atoms with E-state index >= 15 is 0 Å². The Bertz CT molecular complexity index is 1090. The molecule has 184 valence electrons. The van der Waals surface area contributed by atoms with Crippen LogP contribution in [0.4, 0.5) is 5.69 Å². The first-order valence-electron chi connectivity index (χ1n) is 10.3. The molecule has 0 heterocycles. The highest BCUT2D eigenvalue weighted by atomic mass is 32.2. The number of carbonyl (C=O) groups is 2. The Morgan fingerprint density at radius 1 is 0.853 bits per heavy atom. The van der Waals surface area contributed by atoms with E-state index in [0.717, 1.165) is 5.41 Å². The van der Waals surface area contributed by atoms with E-state index < -0.39 is 15.9 Å². The van der Waals surface area contributed by atoms with Gasteiger partial charge in [0.15, 0.2) is 9.84 Å². The SMILES string of the molecule is COc1cc(OC)c(/C=C/S(=O)(=O)Cc2ccc(OC)c(NC(CC=O)CC=O)c2)c(OC)c1. The minimum atomic E-state index is -3.69. The van der Waals surface area contributed by atoms with Gasteiger partial charge in [0.2, 0.25) is 0 Å². The molecule has 0 spiro atoms. The van der Waals surface area contributed by atoms with Gasteiger partial charge in [-0.05, 0) is 23.8 Å². The summed E-state index contributed by atoms with van der Waals surface area (Å²) in [5, 5.41) is 4.18. The summed E-state index contributed by atoms with van der Waals surface area (Å²) in [5.41, 5.74) is 1.45. The zero-order chi connectivity index (χ0) is 25.1. The van der Waals surface area contributed by atoms with Crippen LogP contribution in [0.5, 0.6) is 23.0 Å². The molecule has 2 aromatic rings. The van der Waals surface area contributed by atoms with Crippen molar-refractivity contribution < 1.29 is 37.0 Å². The molecular weight excluding hydrogens is 462 g/mol. The highest BCUT2D eigenvalue weighted by molar-refractivity contribution is 7.93. The Morgan fingerprint density at radius 2 is 1.44 bits per heavy atom. The third kappa shape index (κ3) is 7.24. The maximum atomic E-state index is 12.9. The largest absolute Gasteiger partial charge is 0.496 e.